The molecule has 0 aliphatic carbocycles. The number of ether oxygens (including phenoxy) is 1. The number of hydrogen-bond acceptors (Lipinski definition) is 3. The summed E-state index contributed by atoms with van der Waals surface area (Å²) in [5.41, 5.74) is 0. The van der Waals surface area contributed by atoms with E-state index in [2.05, 4.69) is 5.32 Å². The third kappa shape index (κ3) is 3.18. The number of rotatable bonds is 5. The second kappa shape index (κ2) is 5.47. The molecule has 2 heterocycles. The molecule has 4 nitrogen and oxygen atoms in total. The Labute approximate surface area is 91.0 Å². The van der Waals surface area contributed by atoms with Gasteiger partial charge in [-0.05, 0) is 25.8 Å². The highest BCUT2D eigenvalue weighted by Crippen LogP contribution is 2.09. The van der Waals surface area contributed by atoms with Crippen LogP contribution >= 0.6 is 0 Å². The Morgan fingerprint density at radius 2 is 2.47 bits per heavy atom. The molecule has 1 atom stereocenters. The monoisotopic (exact) mass is 212 g/mol. The minimum absolute atomic E-state index is 0.333. The molecule has 2 aliphatic rings. The zero-order valence-corrected chi connectivity index (χ0v) is 9.21. The summed E-state index contributed by atoms with van der Waals surface area (Å²) in [4.78, 5) is 13.3. The molecule has 1 unspecified atom stereocenters. The fraction of sp³-hybridized carbons (Fsp3) is 0.909. The zero-order valence-electron chi connectivity index (χ0n) is 9.21. The first-order valence-corrected chi connectivity index (χ1v) is 5.95. The highest BCUT2D eigenvalue weighted by atomic mass is 16.5. The number of hydrogen-bond donors (Lipinski definition) is 1. The minimum atomic E-state index is 0.333. The van der Waals surface area contributed by atoms with Crippen molar-refractivity contribution in [3.63, 3.8) is 0 Å². The SMILES string of the molecule is O=C1CCCN1CCCNC1CCOC1. The van der Waals surface area contributed by atoms with E-state index in [-0.39, 0.29) is 0 Å². The first-order valence-electron chi connectivity index (χ1n) is 5.95. The van der Waals surface area contributed by atoms with Crippen molar-refractivity contribution in [3.05, 3.63) is 0 Å². The van der Waals surface area contributed by atoms with E-state index in [0.717, 1.165) is 58.5 Å². The van der Waals surface area contributed by atoms with Gasteiger partial charge in [-0.15, -0.1) is 0 Å². The number of carbonyl (C=O) groups excluding carboxylic acids is 1. The molecule has 86 valence electrons. The molecule has 2 aliphatic heterocycles. The Hall–Kier alpha value is -0.610. The van der Waals surface area contributed by atoms with Crippen molar-refractivity contribution < 1.29 is 9.53 Å². The molecule has 2 fully saturated rings. The van der Waals surface area contributed by atoms with Crippen LogP contribution in [-0.4, -0.2) is 49.7 Å². The van der Waals surface area contributed by atoms with Crippen molar-refractivity contribution in [3.8, 4) is 0 Å². The lowest BCUT2D eigenvalue weighted by Gasteiger charge is -2.16. The summed E-state index contributed by atoms with van der Waals surface area (Å²) in [6.45, 7) is 4.62. The fourth-order valence-electron chi connectivity index (χ4n) is 2.21. The molecule has 15 heavy (non-hydrogen) atoms. The van der Waals surface area contributed by atoms with Gasteiger partial charge in [-0.1, -0.05) is 0 Å². The Morgan fingerprint density at radius 1 is 1.53 bits per heavy atom. The zero-order chi connectivity index (χ0) is 10.5. The van der Waals surface area contributed by atoms with Crippen LogP contribution in [0.5, 0.6) is 0 Å². The Morgan fingerprint density at radius 3 is 3.13 bits per heavy atom. The standard InChI is InChI=1S/C11H20N2O2/c14-11-3-1-6-13(11)7-2-5-12-10-4-8-15-9-10/h10,12H,1-9H2. The maximum atomic E-state index is 11.3. The number of amides is 1. The second-order valence-electron chi connectivity index (χ2n) is 4.35. The predicted octanol–water partition coefficient (Wildman–Crippen LogP) is 0.377. The van der Waals surface area contributed by atoms with Crippen molar-refractivity contribution >= 4 is 5.91 Å². The molecule has 0 spiro atoms. The lowest BCUT2D eigenvalue weighted by molar-refractivity contribution is -0.127. The molecule has 0 saturated carbocycles. The Kier molecular flexibility index (Phi) is 3.97. The molecule has 2 rings (SSSR count). The summed E-state index contributed by atoms with van der Waals surface area (Å²) in [6, 6.07) is 0.541. The van der Waals surface area contributed by atoms with Gasteiger partial charge in [0, 0.05) is 32.2 Å². The van der Waals surface area contributed by atoms with E-state index in [4.69, 9.17) is 4.74 Å². The van der Waals surface area contributed by atoms with Crippen LogP contribution in [0, 0.1) is 0 Å². The maximum Gasteiger partial charge on any atom is 0.222 e. The highest BCUT2D eigenvalue weighted by molar-refractivity contribution is 5.77. The van der Waals surface area contributed by atoms with E-state index < -0.39 is 0 Å². The third-order valence-corrected chi connectivity index (χ3v) is 3.14. The third-order valence-electron chi connectivity index (χ3n) is 3.14. The molecule has 0 aromatic carbocycles. The van der Waals surface area contributed by atoms with Crippen LogP contribution in [0.15, 0.2) is 0 Å². The molecule has 1 amide bonds. The number of carbonyl (C=O) groups is 1. The average molecular weight is 212 g/mol. The fourth-order valence-corrected chi connectivity index (χ4v) is 2.21. The number of likely N-dealkylation sites (tertiary alicyclic amines) is 1. The molecular formula is C11H20N2O2. The van der Waals surface area contributed by atoms with Crippen LogP contribution < -0.4 is 5.32 Å². The second-order valence-corrected chi connectivity index (χ2v) is 4.35. The topological polar surface area (TPSA) is 41.6 Å². The number of nitrogens with zero attached hydrogens (tertiary/aromatic N) is 1. The van der Waals surface area contributed by atoms with Crippen LogP contribution in [0.4, 0.5) is 0 Å². The molecule has 1 N–H and O–H groups in total. The predicted molar refractivity (Wildman–Crippen MR) is 57.7 cm³/mol. The van der Waals surface area contributed by atoms with E-state index >= 15 is 0 Å². The first kappa shape index (κ1) is 10.9. The quantitative estimate of drug-likeness (QED) is 0.670. The smallest absolute Gasteiger partial charge is 0.222 e. The highest BCUT2D eigenvalue weighted by Gasteiger charge is 2.19. The van der Waals surface area contributed by atoms with Crippen molar-refractivity contribution in [1.82, 2.24) is 10.2 Å². The summed E-state index contributed by atoms with van der Waals surface area (Å²) >= 11 is 0. The first-order chi connectivity index (χ1) is 7.36. The van der Waals surface area contributed by atoms with Gasteiger partial charge in [0.2, 0.25) is 5.91 Å². The molecule has 0 aromatic rings. The van der Waals surface area contributed by atoms with Gasteiger partial charge >= 0.3 is 0 Å². The van der Waals surface area contributed by atoms with Crippen molar-refractivity contribution in [2.75, 3.05) is 32.8 Å². The molecule has 2 saturated heterocycles. The summed E-state index contributed by atoms with van der Waals surface area (Å²) in [6.07, 6.45) is 3.98. The van der Waals surface area contributed by atoms with Gasteiger partial charge in [0.15, 0.2) is 0 Å². The normalized spacial score (nSPS) is 26.5. The molecule has 0 aromatic heterocycles. The van der Waals surface area contributed by atoms with Crippen molar-refractivity contribution in [2.24, 2.45) is 0 Å². The lowest BCUT2D eigenvalue weighted by Crippen LogP contribution is -2.33. The van der Waals surface area contributed by atoms with Crippen molar-refractivity contribution in [1.29, 1.82) is 0 Å². The summed E-state index contributed by atoms with van der Waals surface area (Å²) in [7, 11) is 0. The maximum absolute atomic E-state index is 11.3. The van der Waals surface area contributed by atoms with Crippen LogP contribution in [0.25, 0.3) is 0 Å². The van der Waals surface area contributed by atoms with Crippen LogP contribution in [0.1, 0.15) is 25.7 Å². The largest absolute Gasteiger partial charge is 0.380 e. The Bertz CT molecular complexity index is 215. The van der Waals surface area contributed by atoms with Gasteiger partial charge in [0.05, 0.1) is 6.61 Å². The van der Waals surface area contributed by atoms with E-state index in [1.807, 2.05) is 4.90 Å². The molecular weight excluding hydrogens is 192 g/mol. The molecule has 0 bridgehead atoms. The molecule has 0 radical (unpaired) electrons. The summed E-state index contributed by atoms with van der Waals surface area (Å²) in [5.74, 6) is 0.333. The van der Waals surface area contributed by atoms with Gasteiger partial charge in [0.25, 0.3) is 0 Å². The van der Waals surface area contributed by atoms with Crippen molar-refractivity contribution in [2.45, 2.75) is 31.7 Å². The number of nitrogens with one attached hydrogen (secondary N) is 1. The van der Waals surface area contributed by atoms with Gasteiger partial charge in [-0.2, -0.15) is 0 Å². The Balaban J connectivity index is 1.52. The van der Waals surface area contributed by atoms with E-state index in [9.17, 15) is 4.79 Å². The van der Waals surface area contributed by atoms with E-state index in [0.29, 0.717) is 11.9 Å². The van der Waals surface area contributed by atoms with E-state index in [1.54, 1.807) is 0 Å². The van der Waals surface area contributed by atoms with Gasteiger partial charge in [-0.3, -0.25) is 4.79 Å². The lowest BCUT2D eigenvalue weighted by atomic mass is 10.2. The van der Waals surface area contributed by atoms with Crippen LogP contribution in [-0.2, 0) is 9.53 Å². The van der Waals surface area contributed by atoms with Gasteiger partial charge < -0.3 is 15.0 Å². The van der Waals surface area contributed by atoms with Crippen LogP contribution in [0.3, 0.4) is 0 Å². The average Bonchev–Trinajstić information content (AvgIpc) is 2.85. The van der Waals surface area contributed by atoms with Gasteiger partial charge in [-0.25, -0.2) is 0 Å². The van der Waals surface area contributed by atoms with Gasteiger partial charge in [0.1, 0.15) is 0 Å². The van der Waals surface area contributed by atoms with E-state index in [1.165, 1.54) is 0 Å². The minimum Gasteiger partial charge on any atom is -0.380 e. The van der Waals surface area contributed by atoms with Crippen LogP contribution in [0.2, 0.25) is 0 Å². The molecule has 4 heteroatoms. The summed E-state index contributed by atoms with van der Waals surface area (Å²) in [5, 5.41) is 3.46. The summed E-state index contributed by atoms with van der Waals surface area (Å²) < 4.78 is 5.28.